The van der Waals surface area contributed by atoms with Crippen molar-refractivity contribution in [3.63, 3.8) is 0 Å². The van der Waals surface area contributed by atoms with Gasteiger partial charge in [-0.3, -0.25) is 0 Å². The lowest BCUT2D eigenvalue weighted by Crippen LogP contribution is -2.57. The fourth-order valence-corrected chi connectivity index (χ4v) is 2.02. The SMILES string of the molecule is CCC1(C)CNC(C)(c2ccccc2)CO1. The summed E-state index contributed by atoms with van der Waals surface area (Å²) in [7, 11) is 0. The Bertz CT molecular complexity index is 339. The van der Waals surface area contributed by atoms with E-state index in [1.54, 1.807) is 0 Å². The summed E-state index contributed by atoms with van der Waals surface area (Å²) in [4.78, 5) is 0. The van der Waals surface area contributed by atoms with Gasteiger partial charge in [0, 0.05) is 6.54 Å². The molecule has 2 atom stereocenters. The summed E-state index contributed by atoms with van der Waals surface area (Å²) in [6.45, 7) is 8.20. The number of rotatable bonds is 2. The molecule has 88 valence electrons. The van der Waals surface area contributed by atoms with E-state index in [1.165, 1.54) is 5.56 Å². The van der Waals surface area contributed by atoms with Crippen molar-refractivity contribution in [2.75, 3.05) is 13.2 Å². The number of nitrogens with one attached hydrogen (secondary N) is 1. The largest absolute Gasteiger partial charge is 0.372 e. The summed E-state index contributed by atoms with van der Waals surface area (Å²) in [5.41, 5.74) is 1.25. The van der Waals surface area contributed by atoms with Crippen molar-refractivity contribution >= 4 is 0 Å². The van der Waals surface area contributed by atoms with E-state index >= 15 is 0 Å². The molecule has 0 spiro atoms. The van der Waals surface area contributed by atoms with Gasteiger partial charge in [-0.05, 0) is 25.8 Å². The van der Waals surface area contributed by atoms with Crippen LogP contribution in [-0.4, -0.2) is 18.8 Å². The molecule has 1 aromatic carbocycles. The third-order valence-corrected chi connectivity index (χ3v) is 3.72. The predicted octanol–water partition coefficient (Wildman–Crippen LogP) is 2.69. The number of ether oxygens (including phenoxy) is 1. The van der Waals surface area contributed by atoms with E-state index in [0.717, 1.165) is 19.6 Å². The summed E-state index contributed by atoms with van der Waals surface area (Å²) in [5, 5.41) is 3.63. The highest BCUT2D eigenvalue weighted by atomic mass is 16.5. The van der Waals surface area contributed by atoms with Crippen LogP contribution >= 0.6 is 0 Å². The van der Waals surface area contributed by atoms with Gasteiger partial charge in [0.05, 0.1) is 17.7 Å². The average Bonchev–Trinajstić information content (AvgIpc) is 2.35. The van der Waals surface area contributed by atoms with Crippen molar-refractivity contribution in [3.8, 4) is 0 Å². The van der Waals surface area contributed by atoms with Crippen molar-refractivity contribution in [2.24, 2.45) is 0 Å². The van der Waals surface area contributed by atoms with E-state index < -0.39 is 0 Å². The molecule has 1 saturated heterocycles. The van der Waals surface area contributed by atoms with Crippen LogP contribution in [0.3, 0.4) is 0 Å². The van der Waals surface area contributed by atoms with Crippen molar-refractivity contribution in [1.29, 1.82) is 0 Å². The molecule has 1 aliphatic rings. The van der Waals surface area contributed by atoms with Gasteiger partial charge < -0.3 is 10.1 Å². The van der Waals surface area contributed by atoms with Crippen LogP contribution in [0.1, 0.15) is 32.8 Å². The molecule has 0 radical (unpaired) electrons. The maximum Gasteiger partial charge on any atom is 0.0777 e. The van der Waals surface area contributed by atoms with Crippen LogP contribution in [0.2, 0.25) is 0 Å². The summed E-state index contributed by atoms with van der Waals surface area (Å²) < 4.78 is 6.02. The molecule has 1 heterocycles. The standard InChI is InChI=1S/C14H21NO/c1-4-13(2)10-15-14(3,11-16-13)12-8-6-5-7-9-12/h5-9,15H,4,10-11H2,1-3H3. The molecule has 2 unspecified atom stereocenters. The van der Waals surface area contributed by atoms with E-state index in [1.807, 2.05) is 6.07 Å². The number of morpholine rings is 1. The second-order valence-electron chi connectivity index (χ2n) is 5.14. The predicted molar refractivity (Wildman–Crippen MR) is 66.4 cm³/mol. The molecule has 1 fully saturated rings. The lowest BCUT2D eigenvalue weighted by Gasteiger charge is -2.44. The van der Waals surface area contributed by atoms with Crippen LogP contribution in [0.25, 0.3) is 0 Å². The van der Waals surface area contributed by atoms with Crippen LogP contribution in [0.4, 0.5) is 0 Å². The molecule has 1 aromatic rings. The van der Waals surface area contributed by atoms with E-state index in [0.29, 0.717) is 0 Å². The lowest BCUT2D eigenvalue weighted by atomic mass is 9.88. The molecule has 0 bridgehead atoms. The average molecular weight is 219 g/mol. The Labute approximate surface area is 98.0 Å². The Hall–Kier alpha value is -0.860. The highest BCUT2D eigenvalue weighted by Gasteiger charge is 2.37. The summed E-state index contributed by atoms with van der Waals surface area (Å²) in [5.74, 6) is 0. The summed E-state index contributed by atoms with van der Waals surface area (Å²) >= 11 is 0. The molecule has 1 aliphatic heterocycles. The van der Waals surface area contributed by atoms with Crippen LogP contribution < -0.4 is 5.32 Å². The van der Waals surface area contributed by atoms with Crippen LogP contribution in [0.15, 0.2) is 30.3 Å². The molecular weight excluding hydrogens is 198 g/mol. The van der Waals surface area contributed by atoms with Gasteiger partial charge in [-0.1, -0.05) is 37.3 Å². The highest BCUT2D eigenvalue weighted by Crippen LogP contribution is 2.29. The molecule has 1 N–H and O–H groups in total. The third kappa shape index (κ3) is 2.13. The first-order chi connectivity index (χ1) is 7.58. The quantitative estimate of drug-likeness (QED) is 0.825. The molecule has 0 amide bonds. The zero-order valence-electron chi connectivity index (χ0n) is 10.4. The number of benzene rings is 1. The molecular formula is C14H21NO. The second-order valence-corrected chi connectivity index (χ2v) is 5.14. The highest BCUT2D eigenvalue weighted by molar-refractivity contribution is 5.24. The van der Waals surface area contributed by atoms with E-state index in [2.05, 4.69) is 50.4 Å². The molecule has 2 nitrogen and oxygen atoms in total. The van der Waals surface area contributed by atoms with Crippen LogP contribution in [-0.2, 0) is 10.3 Å². The molecule has 16 heavy (non-hydrogen) atoms. The fraction of sp³-hybridized carbons (Fsp3) is 0.571. The Morgan fingerprint density at radius 1 is 1.25 bits per heavy atom. The number of hydrogen-bond donors (Lipinski definition) is 1. The minimum absolute atomic E-state index is 0.00566. The van der Waals surface area contributed by atoms with E-state index in [-0.39, 0.29) is 11.1 Å². The van der Waals surface area contributed by atoms with Gasteiger partial charge >= 0.3 is 0 Å². The molecule has 2 rings (SSSR count). The van der Waals surface area contributed by atoms with E-state index in [4.69, 9.17) is 4.74 Å². The number of hydrogen-bond acceptors (Lipinski definition) is 2. The second kappa shape index (κ2) is 4.19. The van der Waals surface area contributed by atoms with Crippen LogP contribution in [0.5, 0.6) is 0 Å². The van der Waals surface area contributed by atoms with Gasteiger partial charge in [-0.15, -0.1) is 0 Å². The Morgan fingerprint density at radius 3 is 2.44 bits per heavy atom. The van der Waals surface area contributed by atoms with Crippen LogP contribution in [0, 0.1) is 0 Å². The normalized spacial score (nSPS) is 34.9. The third-order valence-electron chi connectivity index (χ3n) is 3.72. The van der Waals surface area contributed by atoms with Crippen molar-refractivity contribution in [1.82, 2.24) is 5.32 Å². The van der Waals surface area contributed by atoms with Gasteiger partial charge in [-0.2, -0.15) is 0 Å². The van der Waals surface area contributed by atoms with Gasteiger partial charge in [0.15, 0.2) is 0 Å². The van der Waals surface area contributed by atoms with E-state index in [9.17, 15) is 0 Å². The molecule has 0 saturated carbocycles. The Balaban J connectivity index is 2.13. The van der Waals surface area contributed by atoms with Gasteiger partial charge in [0.25, 0.3) is 0 Å². The van der Waals surface area contributed by atoms with Gasteiger partial charge in [0.2, 0.25) is 0 Å². The zero-order chi connectivity index (χ0) is 11.6. The Kier molecular flexibility index (Phi) is 3.04. The van der Waals surface area contributed by atoms with Crippen molar-refractivity contribution in [2.45, 2.75) is 38.3 Å². The molecule has 0 aliphatic carbocycles. The fourth-order valence-electron chi connectivity index (χ4n) is 2.02. The van der Waals surface area contributed by atoms with Crippen molar-refractivity contribution < 1.29 is 4.74 Å². The minimum Gasteiger partial charge on any atom is -0.372 e. The zero-order valence-corrected chi connectivity index (χ0v) is 10.4. The monoisotopic (exact) mass is 219 g/mol. The minimum atomic E-state index is -0.0457. The smallest absolute Gasteiger partial charge is 0.0777 e. The molecule has 0 aromatic heterocycles. The Morgan fingerprint density at radius 2 is 1.94 bits per heavy atom. The first-order valence-corrected chi connectivity index (χ1v) is 6.02. The topological polar surface area (TPSA) is 21.3 Å². The molecule has 2 heteroatoms. The first-order valence-electron chi connectivity index (χ1n) is 6.02. The lowest BCUT2D eigenvalue weighted by molar-refractivity contribution is -0.0977. The maximum absolute atomic E-state index is 6.02. The van der Waals surface area contributed by atoms with Crippen molar-refractivity contribution in [3.05, 3.63) is 35.9 Å². The summed E-state index contributed by atoms with van der Waals surface area (Å²) in [6, 6.07) is 10.5. The summed E-state index contributed by atoms with van der Waals surface area (Å²) in [6.07, 6.45) is 1.05. The maximum atomic E-state index is 6.02. The van der Waals surface area contributed by atoms with Gasteiger partial charge in [-0.25, -0.2) is 0 Å². The first kappa shape index (κ1) is 11.6. The van der Waals surface area contributed by atoms with Gasteiger partial charge in [0.1, 0.15) is 0 Å².